The molecule has 23 heavy (non-hydrogen) atoms. The summed E-state index contributed by atoms with van der Waals surface area (Å²) in [4.78, 5) is 36.5. The lowest BCUT2D eigenvalue weighted by molar-refractivity contribution is -0.145. The van der Waals surface area contributed by atoms with Crippen molar-refractivity contribution in [3.05, 3.63) is 46.5 Å². The molecule has 2 aliphatic heterocycles. The van der Waals surface area contributed by atoms with Gasteiger partial charge in [0, 0.05) is 11.3 Å². The van der Waals surface area contributed by atoms with Gasteiger partial charge in [-0.25, -0.2) is 4.79 Å². The third-order valence-electron chi connectivity index (χ3n) is 3.68. The normalized spacial score (nSPS) is 19.4. The van der Waals surface area contributed by atoms with E-state index in [2.05, 4.69) is 0 Å². The molecule has 1 amide bonds. The maximum absolute atomic E-state index is 11.8. The monoisotopic (exact) mass is 333 g/mol. The molecule has 2 heterocycles. The highest BCUT2D eigenvalue weighted by Crippen LogP contribution is 2.47. The number of carboxylic acids is 1. The summed E-state index contributed by atoms with van der Waals surface area (Å²) in [6.07, 6.45) is 0.859. The topological polar surface area (TPSA) is 83.9 Å². The third-order valence-corrected chi connectivity index (χ3v) is 5.01. The number of thioether (sulfide) groups is 1. The first-order valence-electron chi connectivity index (χ1n) is 7.21. The maximum Gasteiger partial charge on any atom is 0.353 e. The maximum atomic E-state index is 11.8. The minimum Gasteiger partial charge on any atom is -0.477 e. The smallest absolute Gasteiger partial charge is 0.353 e. The largest absolute Gasteiger partial charge is 0.477 e. The second-order valence-corrected chi connectivity index (χ2v) is 6.52. The molecule has 120 valence electrons. The van der Waals surface area contributed by atoms with Crippen LogP contribution in [0.2, 0.25) is 0 Å². The van der Waals surface area contributed by atoms with Crippen molar-refractivity contribution in [2.75, 3.05) is 6.61 Å². The van der Waals surface area contributed by atoms with Crippen LogP contribution < -0.4 is 0 Å². The van der Waals surface area contributed by atoms with E-state index in [1.165, 1.54) is 16.7 Å². The van der Waals surface area contributed by atoms with Crippen LogP contribution in [0.3, 0.4) is 0 Å². The van der Waals surface area contributed by atoms with Gasteiger partial charge in [0.2, 0.25) is 5.91 Å². The van der Waals surface area contributed by atoms with E-state index in [4.69, 9.17) is 4.74 Å². The average molecular weight is 333 g/mol. The van der Waals surface area contributed by atoms with E-state index in [9.17, 15) is 19.5 Å². The van der Waals surface area contributed by atoms with E-state index in [1.54, 1.807) is 0 Å². The number of fused-ring (bicyclic) bond motifs is 1. The Bertz CT molecular complexity index is 685. The van der Waals surface area contributed by atoms with Gasteiger partial charge in [0.1, 0.15) is 5.70 Å². The summed E-state index contributed by atoms with van der Waals surface area (Å²) in [5.74, 6) is -1.63. The molecule has 0 aliphatic carbocycles. The van der Waals surface area contributed by atoms with Gasteiger partial charge in [-0.05, 0) is 5.56 Å². The van der Waals surface area contributed by atoms with Gasteiger partial charge in [0.15, 0.2) is 0 Å². The Morgan fingerprint density at radius 3 is 2.70 bits per heavy atom. The molecule has 1 atom stereocenters. The minimum absolute atomic E-state index is 0.0374. The number of rotatable bonds is 6. The van der Waals surface area contributed by atoms with Gasteiger partial charge >= 0.3 is 11.9 Å². The van der Waals surface area contributed by atoms with E-state index in [0.29, 0.717) is 17.7 Å². The van der Waals surface area contributed by atoms with Gasteiger partial charge < -0.3 is 9.84 Å². The molecule has 1 saturated heterocycles. The van der Waals surface area contributed by atoms with E-state index in [-0.39, 0.29) is 36.0 Å². The van der Waals surface area contributed by atoms with Crippen molar-refractivity contribution >= 4 is 29.6 Å². The predicted octanol–water partition coefficient (Wildman–Crippen LogP) is 1.76. The molecule has 0 unspecified atom stereocenters. The Hall–Kier alpha value is -2.28. The van der Waals surface area contributed by atoms with Gasteiger partial charge in [0.05, 0.1) is 24.8 Å². The zero-order valence-electron chi connectivity index (χ0n) is 12.2. The van der Waals surface area contributed by atoms with Crippen LogP contribution in [0.25, 0.3) is 0 Å². The Morgan fingerprint density at radius 1 is 1.30 bits per heavy atom. The number of hydrogen-bond donors (Lipinski definition) is 1. The number of ether oxygens (including phenoxy) is 1. The minimum atomic E-state index is -1.11. The number of carbonyl (C=O) groups is 3. The average Bonchev–Trinajstić information content (AvgIpc) is 2.81. The molecule has 0 saturated carbocycles. The van der Waals surface area contributed by atoms with Crippen molar-refractivity contribution in [2.45, 2.75) is 24.6 Å². The Balaban J connectivity index is 1.54. The first-order valence-corrected chi connectivity index (χ1v) is 8.09. The summed E-state index contributed by atoms with van der Waals surface area (Å²) < 4.78 is 5.17. The molecule has 1 fully saturated rings. The van der Waals surface area contributed by atoms with Crippen LogP contribution in [-0.2, 0) is 25.5 Å². The zero-order valence-corrected chi connectivity index (χ0v) is 13.0. The van der Waals surface area contributed by atoms with Crippen molar-refractivity contribution in [3.8, 4) is 0 Å². The van der Waals surface area contributed by atoms with Crippen LogP contribution in [0.5, 0.6) is 0 Å². The highest BCUT2D eigenvalue weighted by atomic mass is 32.2. The summed E-state index contributed by atoms with van der Waals surface area (Å²) >= 11 is 1.37. The number of benzene rings is 1. The molecule has 1 aromatic rings. The second kappa shape index (κ2) is 6.45. The van der Waals surface area contributed by atoms with Crippen molar-refractivity contribution in [3.63, 3.8) is 0 Å². The standard InChI is InChI=1S/C16H15NO5S/c18-12-9-13-17(12)15(16(20)21)11(23-13)6-7-22-14(19)8-10-4-2-1-3-5-10/h1-5,13H,6-9H2,(H,20,21)/t13-/m1/s1. The lowest BCUT2D eigenvalue weighted by Gasteiger charge is -2.33. The third kappa shape index (κ3) is 3.24. The fourth-order valence-electron chi connectivity index (χ4n) is 2.58. The second-order valence-electron chi connectivity index (χ2n) is 5.25. The number of hydrogen-bond acceptors (Lipinski definition) is 5. The zero-order chi connectivity index (χ0) is 16.4. The van der Waals surface area contributed by atoms with Gasteiger partial charge in [-0.2, -0.15) is 0 Å². The quantitative estimate of drug-likeness (QED) is 0.631. The molecule has 1 N–H and O–H groups in total. The lowest BCUT2D eigenvalue weighted by atomic mass is 10.1. The van der Waals surface area contributed by atoms with Crippen molar-refractivity contribution in [2.24, 2.45) is 0 Å². The van der Waals surface area contributed by atoms with E-state index in [0.717, 1.165) is 5.56 Å². The van der Waals surface area contributed by atoms with Gasteiger partial charge in [-0.3, -0.25) is 14.5 Å². The van der Waals surface area contributed by atoms with Crippen LogP contribution in [0.4, 0.5) is 0 Å². The SMILES string of the molecule is O=C(Cc1ccccc1)OCCC1=C(C(=O)O)N2C(=O)C[C@H]2S1. The predicted molar refractivity (Wildman–Crippen MR) is 83.2 cm³/mol. The Morgan fingerprint density at radius 2 is 2.04 bits per heavy atom. The highest BCUT2D eigenvalue weighted by molar-refractivity contribution is 8.04. The summed E-state index contributed by atoms with van der Waals surface area (Å²) in [5.41, 5.74) is 0.906. The number of β-lactam (4-membered cyclic amide) rings is 1. The Kier molecular flexibility index (Phi) is 4.38. The van der Waals surface area contributed by atoms with Gasteiger partial charge in [-0.15, -0.1) is 11.8 Å². The molecule has 2 aliphatic rings. The number of esters is 1. The van der Waals surface area contributed by atoms with E-state index >= 15 is 0 Å². The number of aliphatic carboxylic acids is 1. The van der Waals surface area contributed by atoms with E-state index < -0.39 is 5.97 Å². The molecular weight excluding hydrogens is 318 g/mol. The molecule has 0 radical (unpaired) electrons. The molecular formula is C16H15NO5S. The van der Waals surface area contributed by atoms with Gasteiger partial charge in [-0.1, -0.05) is 30.3 Å². The van der Waals surface area contributed by atoms with Crippen LogP contribution in [0, 0.1) is 0 Å². The molecule has 1 aromatic carbocycles. The number of carboxylic acid groups (broad SMARTS) is 1. The van der Waals surface area contributed by atoms with E-state index in [1.807, 2.05) is 30.3 Å². The van der Waals surface area contributed by atoms with Crippen LogP contribution in [0.15, 0.2) is 40.9 Å². The number of amides is 1. The molecule has 3 rings (SSSR count). The molecule has 6 nitrogen and oxygen atoms in total. The molecule has 0 aromatic heterocycles. The fraction of sp³-hybridized carbons (Fsp3) is 0.312. The first-order chi connectivity index (χ1) is 11.1. The molecule has 7 heteroatoms. The molecule has 0 spiro atoms. The van der Waals surface area contributed by atoms with Crippen molar-refractivity contribution in [1.82, 2.24) is 4.90 Å². The number of carbonyl (C=O) groups excluding carboxylic acids is 2. The molecule has 0 bridgehead atoms. The summed E-state index contributed by atoms with van der Waals surface area (Å²) in [6.45, 7) is 0.111. The Labute approximate surface area is 137 Å². The highest BCUT2D eigenvalue weighted by Gasteiger charge is 2.48. The van der Waals surface area contributed by atoms with Gasteiger partial charge in [0.25, 0.3) is 0 Å². The van der Waals surface area contributed by atoms with Crippen molar-refractivity contribution < 1.29 is 24.2 Å². The summed E-state index contributed by atoms with van der Waals surface area (Å²) in [6, 6.07) is 9.26. The lowest BCUT2D eigenvalue weighted by Crippen LogP contribution is -2.48. The fourth-order valence-corrected chi connectivity index (χ4v) is 3.96. The first kappa shape index (κ1) is 15.6. The van der Waals surface area contributed by atoms with Crippen LogP contribution in [-0.4, -0.2) is 39.8 Å². The van der Waals surface area contributed by atoms with Crippen LogP contribution >= 0.6 is 11.8 Å². The van der Waals surface area contributed by atoms with Crippen LogP contribution in [0.1, 0.15) is 18.4 Å². The summed E-state index contributed by atoms with van der Waals surface area (Å²) in [7, 11) is 0. The number of nitrogens with zero attached hydrogens (tertiary/aromatic N) is 1. The summed E-state index contributed by atoms with van der Waals surface area (Å²) in [5, 5.41) is 9.15. The van der Waals surface area contributed by atoms with Crippen molar-refractivity contribution in [1.29, 1.82) is 0 Å².